The number of carbonyl (C=O) groups excluding carboxylic acids is 1. The summed E-state index contributed by atoms with van der Waals surface area (Å²) in [5.41, 5.74) is -0.263. The first-order valence-corrected chi connectivity index (χ1v) is 7.39. The van der Waals surface area contributed by atoms with Gasteiger partial charge in [0, 0.05) is 19.4 Å². The first kappa shape index (κ1) is 16.3. The summed E-state index contributed by atoms with van der Waals surface area (Å²) in [5.74, 6) is -0.523. The molecule has 0 radical (unpaired) electrons. The van der Waals surface area contributed by atoms with Crippen molar-refractivity contribution < 1.29 is 24.2 Å². The quantitative estimate of drug-likeness (QED) is 0.795. The third-order valence-electron chi connectivity index (χ3n) is 3.68. The van der Waals surface area contributed by atoms with Gasteiger partial charge in [-0.2, -0.15) is 0 Å². The van der Waals surface area contributed by atoms with Crippen LogP contribution in [0, 0.1) is 0 Å². The van der Waals surface area contributed by atoms with Gasteiger partial charge >= 0.3 is 5.97 Å². The Morgan fingerprint density at radius 3 is 2.64 bits per heavy atom. The number of carboxylic acids is 1. The lowest BCUT2D eigenvalue weighted by molar-refractivity contribution is -0.147. The van der Waals surface area contributed by atoms with Gasteiger partial charge in [-0.1, -0.05) is 12.1 Å². The lowest BCUT2D eigenvalue weighted by Crippen LogP contribution is -2.55. The van der Waals surface area contributed by atoms with E-state index in [-0.39, 0.29) is 18.9 Å². The molecule has 0 aromatic heterocycles. The van der Waals surface area contributed by atoms with Gasteiger partial charge < -0.3 is 19.9 Å². The molecule has 1 atom stereocenters. The molecule has 1 amide bonds. The standard InChI is InChI=1S/C16H21NO5/c1-2-22-13-6-3-12(4-7-13)5-8-14(18)17-16(15(19)20)9-10-21-11-16/h3-4,6-7H,2,5,8-11H2,1H3,(H,17,18)(H,19,20). The molecule has 1 aromatic carbocycles. The lowest BCUT2D eigenvalue weighted by Gasteiger charge is -2.23. The van der Waals surface area contributed by atoms with Crippen LogP contribution in [0.1, 0.15) is 25.3 Å². The van der Waals surface area contributed by atoms with Crippen molar-refractivity contribution in [1.82, 2.24) is 5.32 Å². The fourth-order valence-electron chi connectivity index (χ4n) is 2.39. The predicted molar refractivity (Wildman–Crippen MR) is 79.9 cm³/mol. The number of rotatable bonds is 7. The summed E-state index contributed by atoms with van der Waals surface area (Å²) in [4.78, 5) is 23.3. The van der Waals surface area contributed by atoms with Gasteiger partial charge in [0.05, 0.1) is 13.2 Å². The summed E-state index contributed by atoms with van der Waals surface area (Å²) >= 11 is 0. The molecule has 120 valence electrons. The fourth-order valence-corrected chi connectivity index (χ4v) is 2.39. The first-order chi connectivity index (χ1) is 10.6. The van der Waals surface area contributed by atoms with Gasteiger partial charge in [0.1, 0.15) is 5.75 Å². The zero-order valence-corrected chi connectivity index (χ0v) is 12.6. The van der Waals surface area contributed by atoms with Crippen LogP contribution in [0.4, 0.5) is 0 Å². The third kappa shape index (κ3) is 3.98. The number of nitrogens with one attached hydrogen (secondary N) is 1. The fraction of sp³-hybridized carbons (Fsp3) is 0.500. The molecule has 1 aromatic rings. The Morgan fingerprint density at radius 1 is 1.36 bits per heavy atom. The molecule has 1 fully saturated rings. The van der Waals surface area contributed by atoms with E-state index < -0.39 is 11.5 Å². The average Bonchev–Trinajstić information content (AvgIpc) is 2.97. The second-order valence-corrected chi connectivity index (χ2v) is 5.31. The molecular formula is C16H21NO5. The molecule has 0 spiro atoms. The summed E-state index contributed by atoms with van der Waals surface area (Å²) in [5, 5.41) is 11.9. The number of aliphatic carboxylic acids is 1. The summed E-state index contributed by atoms with van der Waals surface area (Å²) in [6.45, 7) is 2.91. The molecule has 0 bridgehead atoms. The van der Waals surface area contributed by atoms with Crippen molar-refractivity contribution in [3.8, 4) is 5.75 Å². The summed E-state index contributed by atoms with van der Waals surface area (Å²) in [7, 11) is 0. The van der Waals surface area contributed by atoms with Gasteiger partial charge in [0.25, 0.3) is 0 Å². The Morgan fingerprint density at radius 2 is 2.09 bits per heavy atom. The van der Waals surface area contributed by atoms with Crippen LogP contribution in [0.2, 0.25) is 0 Å². The Labute approximate surface area is 129 Å². The minimum Gasteiger partial charge on any atom is -0.494 e. The summed E-state index contributed by atoms with van der Waals surface area (Å²) in [6, 6.07) is 7.54. The Hall–Kier alpha value is -2.08. The molecule has 6 nitrogen and oxygen atoms in total. The van der Waals surface area contributed by atoms with Crippen LogP contribution in [0.15, 0.2) is 24.3 Å². The van der Waals surface area contributed by atoms with Gasteiger partial charge in [-0.25, -0.2) is 4.79 Å². The molecule has 0 saturated carbocycles. The molecule has 1 aliphatic rings. The number of carboxylic acid groups (broad SMARTS) is 1. The van der Waals surface area contributed by atoms with Crippen LogP contribution in [-0.4, -0.2) is 42.3 Å². The van der Waals surface area contributed by atoms with Crippen LogP contribution >= 0.6 is 0 Å². The molecule has 0 aliphatic carbocycles. The molecule has 22 heavy (non-hydrogen) atoms. The van der Waals surface area contributed by atoms with E-state index in [9.17, 15) is 14.7 Å². The van der Waals surface area contributed by atoms with Crippen LogP contribution < -0.4 is 10.1 Å². The van der Waals surface area contributed by atoms with Crippen molar-refractivity contribution in [1.29, 1.82) is 0 Å². The highest BCUT2D eigenvalue weighted by Crippen LogP contribution is 2.19. The second-order valence-electron chi connectivity index (χ2n) is 5.31. The van der Waals surface area contributed by atoms with Crippen LogP contribution in [-0.2, 0) is 20.7 Å². The maximum absolute atomic E-state index is 12.0. The largest absolute Gasteiger partial charge is 0.494 e. The monoisotopic (exact) mass is 307 g/mol. The van der Waals surface area contributed by atoms with E-state index in [4.69, 9.17) is 9.47 Å². The van der Waals surface area contributed by atoms with E-state index in [1.54, 1.807) is 0 Å². The smallest absolute Gasteiger partial charge is 0.331 e. The van der Waals surface area contributed by atoms with Crippen molar-refractivity contribution in [2.45, 2.75) is 31.7 Å². The minimum absolute atomic E-state index is 0.0249. The van der Waals surface area contributed by atoms with Crippen molar-refractivity contribution >= 4 is 11.9 Å². The molecule has 1 aliphatic heterocycles. The molecule has 1 saturated heterocycles. The van der Waals surface area contributed by atoms with Crippen LogP contribution in [0.25, 0.3) is 0 Å². The van der Waals surface area contributed by atoms with Gasteiger partial charge in [-0.15, -0.1) is 0 Å². The van der Waals surface area contributed by atoms with E-state index in [0.29, 0.717) is 26.1 Å². The first-order valence-electron chi connectivity index (χ1n) is 7.39. The van der Waals surface area contributed by atoms with Crippen molar-refractivity contribution in [2.75, 3.05) is 19.8 Å². The number of hydrogen-bond donors (Lipinski definition) is 2. The summed E-state index contributed by atoms with van der Waals surface area (Å²) < 4.78 is 10.5. The predicted octanol–water partition coefficient (Wildman–Crippen LogP) is 1.38. The van der Waals surface area contributed by atoms with E-state index in [0.717, 1.165) is 11.3 Å². The Bertz CT molecular complexity index is 520. The molecule has 2 N–H and O–H groups in total. The minimum atomic E-state index is -1.27. The number of aryl methyl sites for hydroxylation is 1. The van der Waals surface area contributed by atoms with Gasteiger partial charge in [-0.3, -0.25) is 4.79 Å². The van der Waals surface area contributed by atoms with E-state index in [2.05, 4.69) is 5.32 Å². The number of benzene rings is 1. The zero-order valence-electron chi connectivity index (χ0n) is 12.6. The van der Waals surface area contributed by atoms with Gasteiger partial charge in [-0.05, 0) is 31.0 Å². The molecule has 2 rings (SSSR count). The van der Waals surface area contributed by atoms with Crippen molar-refractivity contribution in [3.05, 3.63) is 29.8 Å². The molecule has 1 unspecified atom stereocenters. The Kier molecular flexibility index (Phi) is 5.38. The number of carbonyl (C=O) groups is 2. The second kappa shape index (κ2) is 7.26. The Balaban J connectivity index is 1.85. The van der Waals surface area contributed by atoms with Crippen molar-refractivity contribution in [3.63, 3.8) is 0 Å². The van der Waals surface area contributed by atoms with Crippen LogP contribution in [0.5, 0.6) is 5.75 Å². The molecule has 1 heterocycles. The van der Waals surface area contributed by atoms with E-state index in [1.165, 1.54) is 0 Å². The summed E-state index contributed by atoms with van der Waals surface area (Å²) in [6.07, 6.45) is 1.09. The van der Waals surface area contributed by atoms with Crippen molar-refractivity contribution in [2.24, 2.45) is 0 Å². The highest BCUT2D eigenvalue weighted by atomic mass is 16.5. The third-order valence-corrected chi connectivity index (χ3v) is 3.68. The highest BCUT2D eigenvalue weighted by Gasteiger charge is 2.43. The maximum atomic E-state index is 12.0. The number of amides is 1. The zero-order chi connectivity index (χ0) is 16.0. The topological polar surface area (TPSA) is 84.9 Å². The van der Waals surface area contributed by atoms with E-state index >= 15 is 0 Å². The number of ether oxygens (including phenoxy) is 2. The average molecular weight is 307 g/mol. The maximum Gasteiger partial charge on any atom is 0.331 e. The van der Waals surface area contributed by atoms with E-state index in [1.807, 2.05) is 31.2 Å². The lowest BCUT2D eigenvalue weighted by atomic mass is 9.98. The number of hydrogen-bond acceptors (Lipinski definition) is 4. The van der Waals surface area contributed by atoms with Gasteiger partial charge in [0.2, 0.25) is 5.91 Å². The molecule has 6 heteroatoms. The normalized spacial score (nSPS) is 20.6. The SMILES string of the molecule is CCOc1ccc(CCC(=O)NC2(C(=O)O)CCOC2)cc1. The van der Waals surface area contributed by atoms with Gasteiger partial charge in [0.15, 0.2) is 5.54 Å². The van der Waals surface area contributed by atoms with Crippen LogP contribution in [0.3, 0.4) is 0 Å². The molecular weight excluding hydrogens is 286 g/mol. The highest BCUT2D eigenvalue weighted by molar-refractivity contribution is 5.87.